The summed E-state index contributed by atoms with van der Waals surface area (Å²) in [5, 5.41) is 0.413. The predicted molar refractivity (Wildman–Crippen MR) is 81.0 cm³/mol. The Hall–Kier alpha value is -2.05. The first-order valence-corrected chi connectivity index (χ1v) is 7.60. The fourth-order valence-electron chi connectivity index (χ4n) is 1.96. The van der Waals surface area contributed by atoms with Gasteiger partial charge in [0, 0.05) is 0 Å². The second kappa shape index (κ2) is 5.98. The van der Waals surface area contributed by atoms with E-state index in [1.54, 1.807) is 24.3 Å². The number of halogens is 1. The minimum Gasteiger partial charge on any atom is -0.457 e. The van der Waals surface area contributed by atoms with Gasteiger partial charge >= 0.3 is 5.97 Å². The first-order valence-electron chi connectivity index (χ1n) is 6.40. The van der Waals surface area contributed by atoms with Crippen LogP contribution < -0.4 is 9.47 Å². The molecule has 2 aromatic rings. The highest BCUT2D eigenvalue weighted by Crippen LogP contribution is 2.39. The Morgan fingerprint density at radius 1 is 1.27 bits per heavy atom. The number of Topliss-reactive ketones (excluding diaryl/α,β-unsaturated/α-hetero) is 1. The van der Waals surface area contributed by atoms with Gasteiger partial charge in [-0.25, -0.2) is 4.79 Å². The number of hydrogen-bond acceptors (Lipinski definition) is 6. The molecule has 0 aliphatic carbocycles. The van der Waals surface area contributed by atoms with Gasteiger partial charge in [0.2, 0.25) is 6.79 Å². The van der Waals surface area contributed by atoms with Crippen molar-refractivity contribution in [3.63, 3.8) is 0 Å². The Balaban J connectivity index is 1.68. The van der Waals surface area contributed by atoms with Crippen molar-refractivity contribution in [2.45, 2.75) is 13.5 Å². The Kier molecular flexibility index (Phi) is 4.04. The molecule has 2 heterocycles. The molecule has 1 aliphatic rings. The number of carbonyl (C=O) groups excluding carboxylic acids is 2. The van der Waals surface area contributed by atoms with Crippen LogP contribution in [-0.2, 0) is 11.3 Å². The van der Waals surface area contributed by atoms with E-state index >= 15 is 0 Å². The number of rotatable bonds is 4. The monoisotopic (exact) mass is 338 g/mol. The minimum absolute atomic E-state index is 0.0580. The SMILES string of the molecule is CC(=O)c1ccc(C(=O)OCc2cc(Cl)c3c(c2)OCO3)s1. The molecule has 7 heteroatoms. The van der Waals surface area contributed by atoms with Crippen molar-refractivity contribution in [1.82, 2.24) is 0 Å². The molecule has 0 bridgehead atoms. The number of hydrogen-bond donors (Lipinski definition) is 0. The van der Waals surface area contributed by atoms with Crippen molar-refractivity contribution in [1.29, 1.82) is 0 Å². The molecule has 1 aromatic carbocycles. The van der Waals surface area contributed by atoms with Crippen molar-refractivity contribution in [3.8, 4) is 11.5 Å². The molecular weight excluding hydrogens is 328 g/mol. The third-order valence-electron chi connectivity index (χ3n) is 3.01. The fraction of sp³-hybridized carbons (Fsp3) is 0.200. The smallest absolute Gasteiger partial charge is 0.348 e. The second-order valence-electron chi connectivity index (χ2n) is 4.61. The zero-order valence-electron chi connectivity index (χ0n) is 11.6. The maximum Gasteiger partial charge on any atom is 0.348 e. The number of ether oxygens (including phenoxy) is 3. The lowest BCUT2D eigenvalue weighted by Crippen LogP contribution is -2.03. The fourth-order valence-corrected chi connectivity index (χ4v) is 3.04. The van der Waals surface area contributed by atoms with E-state index < -0.39 is 5.97 Å². The minimum atomic E-state index is -0.480. The third-order valence-corrected chi connectivity index (χ3v) is 4.46. The molecule has 0 saturated heterocycles. The lowest BCUT2D eigenvalue weighted by Gasteiger charge is -2.06. The van der Waals surface area contributed by atoms with Crippen molar-refractivity contribution in [3.05, 3.63) is 44.6 Å². The summed E-state index contributed by atoms with van der Waals surface area (Å²) in [6.45, 7) is 1.64. The van der Waals surface area contributed by atoms with Crippen LogP contribution in [0.15, 0.2) is 24.3 Å². The maximum atomic E-state index is 12.0. The molecule has 22 heavy (non-hydrogen) atoms. The van der Waals surface area contributed by atoms with Crippen LogP contribution in [0.1, 0.15) is 31.8 Å². The molecule has 3 rings (SSSR count). The van der Waals surface area contributed by atoms with E-state index in [1.807, 2.05) is 0 Å². The third kappa shape index (κ3) is 2.93. The van der Waals surface area contributed by atoms with Crippen LogP contribution in [0.25, 0.3) is 0 Å². The van der Waals surface area contributed by atoms with Crippen molar-refractivity contribution >= 4 is 34.7 Å². The zero-order chi connectivity index (χ0) is 15.7. The molecule has 0 saturated carbocycles. The van der Waals surface area contributed by atoms with Gasteiger partial charge in [-0.05, 0) is 36.8 Å². The van der Waals surface area contributed by atoms with E-state index in [2.05, 4.69) is 0 Å². The molecule has 0 unspecified atom stereocenters. The summed E-state index contributed by atoms with van der Waals surface area (Å²) >= 11 is 7.18. The first-order chi connectivity index (χ1) is 10.5. The summed E-state index contributed by atoms with van der Waals surface area (Å²) in [5.74, 6) is 0.479. The molecule has 114 valence electrons. The molecule has 0 atom stereocenters. The topological polar surface area (TPSA) is 61.8 Å². The Labute approximate surface area is 135 Å². The van der Waals surface area contributed by atoms with Gasteiger partial charge in [-0.3, -0.25) is 4.79 Å². The highest BCUT2D eigenvalue weighted by Gasteiger charge is 2.19. The van der Waals surface area contributed by atoms with Gasteiger partial charge in [0.15, 0.2) is 17.3 Å². The molecule has 0 radical (unpaired) electrons. The number of benzene rings is 1. The molecule has 0 N–H and O–H groups in total. The lowest BCUT2D eigenvalue weighted by molar-refractivity contribution is 0.0478. The van der Waals surface area contributed by atoms with Crippen LogP contribution in [0.3, 0.4) is 0 Å². The molecule has 0 fully saturated rings. The summed E-state index contributed by atoms with van der Waals surface area (Å²) in [7, 11) is 0. The van der Waals surface area contributed by atoms with E-state index in [-0.39, 0.29) is 19.2 Å². The molecular formula is C15H11ClO5S. The van der Waals surface area contributed by atoms with Gasteiger partial charge in [-0.15, -0.1) is 11.3 Å². The number of thiophene rings is 1. The van der Waals surface area contributed by atoms with Crippen molar-refractivity contribution < 1.29 is 23.8 Å². The van der Waals surface area contributed by atoms with Crippen LogP contribution in [0.4, 0.5) is 0 Å². The summed E-state index contributed by atoms with van der Waals surface area (Å²) in [4.78, 5) is 24.1. The first kappa shape index (κ1) is 14.9. The summed E-state index contributed by atoms with van der Waals surface area (Å²) in [6.07, 6.45) is 0. The predicted octanol–water partition coefficient (Wildman–Crippen LogP) is 3.69. The molecule has 5 nitrogen and oxygen atoms in total. The zero-order valence-corrected chi connectivity index (χ0v) is 13.1. The van der Waals surface area contributed by atoms with Gasteiger partial charge in [-0.1, -0.05) is 11.6 Å². The summed E-state index contributed by atoms with van der Waals surface area (Å²) in [6, 6.07) is 6.58. The van der Waals surface area contributed by atoms with Gasteiger partial charge < -0.3 is 14.2 Å². The quantitative estimate of drug-likeness (QED) is 0.628. The van der Waals surface area contributed by atoms with E-state index in [9.17, 15) is 9.59 Å². The van der Waals surface area contributed by atoms with E-state index in [0.717, 1.165) is 11.3 Å². The maximum absolute atomic E-state index is 12.0. The summed E-state index contributed by atoms with van der Waals surface area (Å²) in [5.41, 5.74) is 0.700. The van der Waals surface area contributed by atoms with Crippen LogP contribution in [-0.4, -0.2) is 18.5 Å². The Morgan fingerprint density at radius 2 is 2.05 bits per heavy atom. The largest absolute Gasteiger partial charge is 0.457 e. The average molecular weight is 339 g/mol. The lowest BCUT2D eigenvalue weighted by atomic mass is 10.2. The van der Waals surface area contributed by atoms with Crippen LogP contribution in [0.2, 0.25) is 5.02 Å². The van der Waals surface area contributed by atoms with Gasteiger partial charge in [0.05, 0.1) is 9.90 Å². The summed E-state index contributed by atoms with van der Waals surface area (Å²) < 4.78 is 15.7. The number of carbonyl (C=O) groups is 2. The molecule has 0 amide bonds. The van der Waals surface area contributed by atoms with Crippen molar-refractivity contribution in [2.75, 3.05) is 6.79 Å². The van der Waals surface area contributed by atoms with Crippen LogP contribution in [0.5, 0.6) is 11.5 Å². The molecule has 1 aromatic heterocycles. The van der Waals surface area contributed by atoms with E-state index in [4.69, 9.17) is 25.8 Å². The standard InChI is InChI=1S/C15H11ClO5S/c1-8(17)12-2-3-13(22-12)15(18)19-6-9-4-10(16)14-11(5-9)20-7-21-14/h2-5H,6-7H2,1H3. The number of ketones is 1. The number of fused-ring (bicyclic) bond motifs is 1. The molecule has 0 spiro atoms. The second-order valence-corrected chi connectivity index (χ2v) is 6.10. The normalized spacial score (nSPS) is 12.3. The van der Waals surface area contributed by atoms with Crippen LogP contribution >= 0.6 is 22.9 Å². The van der Waals surface area contributed by atoms with Crippen LogP contribution in [0, 0.1) is 0 Å². The van der Waals surface area contributed by atoms with Gasteiger partial charge in [-0.2, -0.15) is 0 Å². The van der Waals surface area contributed by atoms with E-state index in [1.165, 1.54) is 6.92 Å². The van der Waals surface area contributed by atoms with E-state index in [0.29, 0.717) is 31.8 Å². The molecule has 1 aliphatic heterocycles. The average Bonchev–Trinajstić information content (AvgIpc) is 3.13. The van der Waals surface area contributed by atoms with Crippen molar-refractivity contribution in [2.24, 2.45) is 0 Å². The van der Waals surface area contributed by atoms with Gasteiger partial charge in [0.1, 0.15) is 11.5 Å². The Morgan fingerprint density at radius 3 is 2.77 bits per heavy atom. The van der Waals surface area contributed by atoms with Gasteiger partial charge in [0.25, 0.3) is 0 Å². The number of esters is 1. The highest BCUT2D eigenvalue weighted by atomic mass is 35.5. The Bertz CT molecular complexity index is 752. The highest BCUT2D eigenvalue weighted by molar-refractivity contribution is 7.15.